The summed E-state index contributed by atoms with van der Waals surface area (Å²) < 4.78 is 1.19. The topological polar surface area (TPSA) is 86.7 Å². The van der Waals surface area contributed by atoms with Gasteiger partial charge in [-0.15, -0.1) is 4.68 Å². The molecule has 1 rings (SSSR count). The van der Waals surface area contributed by atoms with Crippen molar-refractivity contribution >= 4 is 5.95 Å². The van der Waals surface area contributed by atoms with Crippen molar-refractivity contribution in [3.05, 3.63) is 10.1 Å². The predicted molar refractivity (Wildman–Crippen MR) is 43.9 cm³/mol. The standard InChI is InChI=1S/C6H11N5O2/c1-6(2,3)4-10-5(11(12)13)7-8-9-10/h4H2,1-3H3. The van der Waals surface area contributed by atoms with Crippen molar-refractivity contribution < 1.29 is 4.92 Å². The molecule has 0 saturated heterocycles. The van der Waals surface area contributed by atoms with Crippen LogP contribution in [0.2, 0.25) is 0 Å². The Kier molecular flexibility index (Phi) is 2.26. The van der Waals surface area contributed by atoms with Gasteiger partial charge in [0.1, 0.15) is 6.54 Å². The molecule has 0 aliphatic rings. The van der Waals surface area contributed by atoms with Crippen LogP contribution in [-0.4, -0.2) is 25.1 Å². The molecule has 0 aliphatic heterocycles. The maximum atomic E-state index is 10.4. The van der Waals surface area contributed by atoms with E-state index in [-0.39, 0.29) is 11.4 Å². The fourth-order valence-electron chi connectivity index (χ4n) is 0.882. The molecule has 0 aliphatic carbocycles. The first kappa shape index (κ1) is 9.56. The Morgan fingerprint density at radius 2 is 2.15 bits per heavy atom. The summed E-state index contributed by atoms with van der Waals surface area (Å²) in [6.45, 7) is 6.30. The number of hydrogen-bond donors (Lipinski definition) is 0. The van der Waals surface area contributed by atoms with E-state index >= 15 is 0 Å². The van der Waals surface area contributed by atoms with Crippen LogP contribution in [0.15, 0.2) is 0 Å². The monoisotopic (exact) mass is 185 g/mol. The van der Waals surface area contributed by atoms with Gasteiger partial charge < -0.3 is 10.1 Å². The van der Waals surface area contributed by atoms with Crippen molar-refractivity contribution in [3.8, 4) is 0 Å². The van der Waals surface area contributed by atoms with Gasteiger partial charge in [-0.25, -0.2) is 0 Å². The number of tetrazole rings is 1. The SMILES string of the molecule is CC(C)(C)Cn1nnnc1[N+](=O)[O-]. The second-order valence-electron chi connectivity index (χ2n) is 3.95. The van der Waals surface area contributed by atoms with E-state index in [1.54, 1.807) is 0 Å². The van der Waals surface area contributed by atoms with Gasteiger partial charge >= 0.3 is 5.95 Å². The maximum absolute atomic E-state index is 10.4. The first-order chi connectivity index (χ1) is 5.90. The van der Waals surface area contributed by atoms with Crippen LogP contribution in [0, 0.1) is 15.5 Å². The van der Waals surface area contributed by atoms with Gasteiger partial charge in [0.15, 0.2) is 0 Å². The van der Waals surface area contributed by atoms with Crippen LogP contribution in [0.1, 0.15) is 20.8 Å². The van der Waals surface area contributed by atoms with Gasteiger partial charge in [-0.1, -0.05) is 20.8 Å². The Morgan fingerprint density at radius 3 is 2.62 bits per heavy atom. The molecule has 0 radical (unpaired) electrons. The molecule has 0 amide bonds. The van der Waals surface area contributed by atoms with E-state index in [9.17, 15) is 10.1 Å². The van der Waals surface area contributed by atoms with Gasteiger partial charge in [0.2, 0.25) is 0 Å². The minimum Gasteiger partial charge on any atom is -0.390 e. The van der Waals surface area contributed by atoms with E-state index in [1.165, 1.54) is 4.68 Å². The molecule has 0 bridgehead atoms. The van der Waals surface area contributed by atoms with Crippen molar-refractivity contribution in [2.45, 2.75) is 27.3 Å². The summed E-state index contributed by atoms with van der Waals surface area (Å²) in [6, 6.07) is 0. The van der Waals surface area contributed by atoms with Gasteiger partial charge in [-0.3, -0.25) is 0 Å². The van der Waals surface area contributed by atoms with Crippen LogP contribution in [0.25, 0.3) is 0 Å². The molecule has 1 heterocycles. The highest BCUT2D eigenvalue weighted by molar-refractivity contribution is 4.97. The molecule has 72 valence electrons. The molecule has 7 nitrogen and oxygen atoms in total. The van der Waals surface area contributed by atoms with E-state index < -0.39 is 4.92 Å². The lowest BCUT2D eigenvalue weighted by Gasteiger charge is -2.14. The number of rotatable bonds is 2. The fourth-order valence-corrected chi connectivity index (χ4v) is 0.882. The van der Waals surface area contributed by atoms with Crippen LogP contribution >= 0.6 is 0 Å². The quantitative estimate of drug-likeness (QED) is 0.498. The van der Waals surface area contributed by atoms with Crippen molar-refractivity contribution in [1.29, 1.82) is 0 Å². The minimum absolute atomic E-state index is 0.0832. The summed E-state index contributed by atoms with van der Waals surface area (Å²) in [5, 5.41) is 20.5. The Balaban J connectivity index is 2.89. The van der Waals surface area contributed by atoms with Crippen molar-refractivity contribution in [2.24, 2.45) is 5.41 Å². The average molecular weight is 185 g/mol. The Morgan fingerprint density at radius 1 is 1.54 bits per heavy atom. The lowest BCUT2D eigenvalue weighted by molar-refractivity contribution is -0.397. The molecule has 0 unspecified atom stereocenters. The van der Waals surface area contributed by atoms with Gasteiger partial charge in [-0.2, -0.15) is 0 Å². The normalized spacial score (nSPS) is 11.6. The lowest BCUT2D eigenvalue weighted by atomic mass is 9.97. The van der Waals surface area contributed by atoms with Crippen LogP contribution in [-0.2, 0) is 6.54 Å². The zero-order valence-corrected chi connectivity index (χ0v) is 7.76. The predicted octanol–water partition coefficient (Wildman–Crippen LogP) is 0.627. The average Bonchev–Trinajstić information content (AvgIpc) is 2.31. The highest BCUT2D eigenvalue weighted by atomic mass is 16.6. The van der Waals surface area contributed by atoms with E-state index in [4.69, 9.17) is 0 Å². The molecule has 0 fully saturated rings. The van der Waals surface area contributed by atoms with Crippen molar-refractivity contribution in [3.63, 3.8) is 0 Å². The number of aromatic nitrogens is 4. The zero-order chi connectivity index (χ0) is 10.1. The smallest absolute Gasteiger partial charge is 0.390 e. The van der Waals surface area contributed by atoms with Gasteiger partial charge in [0.05, 0.1) is 10.3 Å². The Hall–Kier alpha value is -1.53. The highest BCUT2D eigenvalue weighted by Gasteiger charge is 2.23. The Labute approximate surface area is 74.9 Å². The van der Waals surface area contributed by atoms with Crippen LogP contribution in [0.4, 0.5) is 5.95 Å². The fraction of sp³-hybridized carbons (Fsp3) is 0.833. The molecule has 0 N–H and O–H groups in total. The molecule has 1 aromatic heterocycles. The molecule has 0 saturated carbocycles. The van der Waals surface area contributed by atoms with E-state index in [0.717, 1.165) is 0 Å². The van der Waals surface area contributed by atoms with Crippen LogP contribution in [0.5, 0.6) is 0 Å². The van der Waals surface area contributed by atoms with E-state index in [1.807, 2.05) is 20.8 Å². The number of nitrogens with zero attached hydrogens (tertiary/aromatic N) is 5. The minimum atomic E-state index is -0.592. The second kappa shape index (κ2) is 3.08. The summed E-state index contributed by atoms with van der Waals surface area (Å²) in [7, 11) is 0. The zero-order valence-electron chi connectivity index (χ0n) is 7.76. The Bertz CT molecular complexity index is 313. The summed E-state index contributed by atoms with van der Waals surface area (Å²) in [4.78, 5) is 9.82. The summed E-state index contributed by atoms with van der Waals surface area (Å²) in [6.07, 6.45) is 0. The van der Waals surface area contributed by atoms with E-state index in [2.05, 4.69) is 15.5 Å². The molecule has 0 spiro atoms. The maximum Gasteiger partial charge on any atom is 0.479 e. The molecule has 0 atom stereocenters. The van der Waals surface area contributed by atoms with Crippen molar-refractivity contribution in [2.75, 3.05) is 0 Å². The van der Waals surface area contributed by atoms with Crippen molar-refractivity contribution in [1.82, 2.24) is 20.2 Å². The number of hydrogen-bond acceptors (Lipinski definition) is 5. The molecule has 1 aromatic rings. The largest absolute Gasteiger partial charge is 0.479 e. The molecule has 13 heavy (non-hydrogen) atoms. The summed E-state index contributed by atoms with van der Waals surface area (Å²) >= 11 is 0. The third-order valence-electron chi connectivity index (χ3n) is 1.30. The number of nitro groups is 1. The first-order valence-electron chi connectivity index (χ1n) is 3.81. The molecular formula is C6H11N5O2. The molecular weight excluding hydrogens is 174 g/mol. The highest BCUT2D eigenvalue weighted by Crippen LogP contribution is 2.17. The first-order valence-corrected chi connectivity index (χ1v) is 3.81. The molecule has 0 aromatic carbocycles. The van der Waals surface area contributed by atoms with Gasteiger partial charge in [-0.05, 0) is 10.3 Å². The molecule has 7 heteroatoms. The summed E-state index contributed by atoms with van der Waals surface area (Å²) in [5.74, 6) is -0.310. The third-order valence-corrected chi connectivity index (χ3v) is 1.30. The lowest BCUT2D eigenvalue weighted by Crippen LogP contribution is -2.18. The van der Waals surface area contributed by atoms with Crippen LogP contribution < -0.4 is 0 Å². The van der Waals surface area contributed by atoms with Gasteiger partial charge in [0.25, 0.3) is 0 Å². The third kappa shape index (κ3) is 2.46. The van der Waals surface area contributed by atoms with Gasteiger partial charge in [0, 0.05) is 5.21 Å². The van der Waals surface area contributed by atoms with E-state index in [0.29, 0.717) is 6.54 Å². The second-order valence-corrected chi connectivity index (χ2v) is 3.95. The summed E-state index contributed by atoms with van der Waals surface area (Å²) in [5.41, 5.74) is -0.0832. The van der Waals surface area contributed by atoms with Crippen LogP contribution in [0.3, 0.4) is 0 Å².